The molecule has 0 aromatic heterocycles. The zero-order valence-electron chi connectivity index (χ0n) is 11.2. The van der Waals surface area contributed by atoms with E-state index in [9.17, 15) is 0 Å². The van der Waals surface area contributed by atoms with Crippen molar-refractivity contribution in [3.63, 3.8) is 0 Å². The largest absolute Gasteiger partial charge is 0.484 e. The molecule has 0 radical (unpaired) electrons. The van der Waals surface area contributed by atoms with Gasteiger partial charge in [0.15, 0.2) is 0 Å². The molecule has 2 nitrogen and oxygen atoms in total. The molecule has 0 aliphatic heterocycles. The van der Waals surface area contributed by atoms with Crippen LogP contribution in [0.25, 0.3) is 0 Å². The summed E-state index contributed by atoms with van der Waals surface area (Å²) in [6.45, 7) is 4.58. The van der Waals surface area contributed by atoms with E-state index in [0.717, 1.165) is 15.8 Å². The van der Waals surface area contributed by atoms with Gasteiger partial charge in [0.2, 0.25) is 0 Å². The Morgan fingerprint density at radius 1 is 1.11 bits per heavy atom. The molecular weight excluding hydrogens is 302 g/mol. The predicted molar refractivity (Wildman–Crippen MR) is 82.5 cm³/mol. The predicted octanol–water partition coefficient (Wildman–Crippen LogP) is 4.14. The number of rotatable bonds is 4. The fourth-order valence-electron chi connectivity index (χ4n) is 2.06. The molecular formula is C16H18BrNO. The summed E-state index contributed by atoms with van der Waals surface area (Å²) in [5, 5.41) is 0. The van der Waals surface area contributed by atoms with Crippen molar-refractivity contribution in [3.05, 3.63) is 63.6 Å². The summed E-state index contributed by atoms with van der Waals surface area (Å²) in [5.41, 5.74) is 9.26. The zero-order valence-corrected chi connectivity index (χ0v) is 12.8. The molecule has 2 N–H and O–H groups in total. The van der Waals surface area contributed by atoms with E-state index in [2.05, 4.69) is 29.8 Å². The molecule has 1 unspecified atom stereocenters. The molecule has 0 fully saturated rings. The van der Waals surface area contributed by atoms with Crippen LogP contribution in [0.5, 0.6) is 5.75 Å². The Morgan fingerprint density at radius 2 is 1.68 bits per heavy atom. The molecule has 0 spiro atoms. The van der Waals surface area contributed by atoms with Crippen LogP contribution in [0.1, 0.15) is 22.8 Å². The van der Waals surface area contributed by atoms with E-state index in [0.29, 0.717) is 6.54 Å². The van der Waals surface area contributed by atoms with Gasteiger partial charge in [0.05, 0.1) is 0 Å². The molecule has 0 amide bonds. The van der Waals surface area contributed by atoms with Crippen molar-refractivity contribution in [2.24, 2.45) is 5.73 Å². The van der Waals surface area contributed by atoms with E-state index in [1.165, 1.54) is 11.1 Å². The van der Waals surface area contributed by atoms with Crippen LogP contribution in [0, 0.1) is 13.8 Å². The Kier molecular flexibility index (Phi) is 4.61. The summed E-state index contributed by atoms with van der Waals surface area (Å²) < 4.78 is 7.15. The molecule has 0 bridgehead atoms. The van der Waals surface area contributed by atoms with Crippen molar-refractivity contribution in [2.75, 3.05) is 6.54 Å². The van der Waals surface area contributed by atoms with Crippen LogP contribution in [0.3, 0.4) is 0 Å². The van der Waals surface area contributed by atoms with E-state index in [1.807, 2.05) is 42.5 Å². The summed E-state index contributed by atoms with van der Waals surface area (Å²) in [4.78, 5) is 0. The third-order valence-electron chi connectivity index (χ3n) is 3.07. The van der Waals surface area contributed by atoms with Gasteiger partial charge in [0.1, 0.15) is 11.9 Å². The van der Waals surface area contributed by atoms with Crippen LogP contribution < -0.4 is 10.5 Å². The molecule has 0 saturated heterocycles. The minimum Gasteiger partial charge on any atom is -0.484 e. The van der Waals surface area contributed by atoms with Crippen molar-refractivity contribution >= 4 is 15.9 Å². The molecule has 2 aromatic rings. The average molecular weight is 320 g/mol. The Labute approximate surface area is 122 Å². The maximum Gasteiger partial charge on any atom is 0.136 e. The lowest BCUT2D eigenvalue weighted by Crippen LogP contribution is -2.18. The van der Waals surface area contributed by atoms with Gasteiger partial charge in [-0.3, -0.25) is 0 Å². The number of aryl methyl sites for hydroxylation is 2. The van der Waals surface area contributed by atoms with Gasteiger partial charge >= 0.3 is 0 Å². The first kappa shape index (κ1) is 14.1. The number of benzene rings is 2. The minimum atomic E-state index is -0.110. The van der Waals surface area contributed by atoms with E-state index in [1.54, 1.807) is 0 Å². The van der Waals surface area contributed by atoms with Crippen molar-refractivity contribution in [1.29, 1.82) is 0 Å². The van der Waals surface area contributed by atoms with Crippen molar-refractivity contribution < 1.29 is 4.74 Å². The molecule has 100 valence electrons. The highest BCUT2D eigenvalue weighted by atomic mass is 79.9. The van der Waals surface area contributed by atoms with Crippen LogP contribution in [0.2, 0.25) is 0 Å². The fourth-order valence-corrected chi connectivity index (χ4v) is 2.29. The maximum atomic E-state index is 6.02. The number of halogens is 1. The van der Waals surface area contributed by atoms with E-state index < -0.39 is 0 Å². The molecule has 19 heavy (non-hydrogen) atoms. The molecule has 0 saturated carbocycles. The first-order valence-corrected chi connectivity index (χ1v) is 7.09. The second-order valence-electron chi connectivity index (χ2n) is 4.62. The number of hydrogen-bond acceptors (Lipinski definition) is 2. The van der Waals surface area contributed by atoms with Gasteiger partial charge < -0.3 is 10.5 Å². The molecule has 0 heterocycles. The standard InChI is InChI=1S/C16H18BrNO/c1-11-8-14(9-12(2)16(11)17)19-15(10-18)13-6-4-3-5-7-13/h3-9,15H,10,18H2,1-2H3. The van der Waals surface area contributed by atoms with Crippen molar-refractivity contribution in [3.8, 4) is 5.75 Å². The van der Waals surface area contributed by atoms with E-state index in [-0.39, 0.29) is 6.10 Å². The lowest BCUT2D eigenvalue weighted by Gasteiger charge is -2.19. The quantitative estimate of drug-likeness (QED) is 0.919. The fraction of sp³-hybridized carbons (Fsp3) is 0.250. The van der Waals surface area contributed by atoms with Gasteiger partial charge in [-0.05, 0) is 42.7 Å². The average Bonchev–Trinajstić information content (AvgIpc) is 2.43. The van der Waals surface area contributed by atoms with E-state index in [4.69, 9.17) is 10.5 Å². The monoisotopic (exact) mass is 319 g/mol. The van der Waals surface area contributed by atoms with Crippen LogP contribution in [-0.4, -0.2) is 6.54 Å². The molecule has 0 aliphatic rings. The maximum absolute atomic E-state index is 6.02. The number of nitrogens with two attached hydrogens (primary N) is 1. The topological polar surface area (TPSA) is 35.2 Å². The van der Waals surface area contributed by atoms with Crippen LogP contribution >= 0.6 is 15.9 Å². The second kappa shape index (κ2) is 6.22. The highest BCUT2D eigenvalue weighted by Crippen LogP contribution is 2.29. The number of hydrogen-bond donors (Lipinski definition) is 1. The molecule has 2 aromatic carbocycles. The summed E-state index contributed by atoms with van der Waals surface area (Å²) in [6.07, 6.45) is -0.110. The summed E-state index contributed by atoms with van der Waals surface area (Å²) in [7, 11) is 0. The summed E-state index contributed by atoms with van der Waals surface area (Å²) in [6, 6.07) is 14.1. The Morgan fingerprint density at radius 3 is 2.21 bits per heavy atom. The van der Waals surface area contributed by atoms with Gasteiger partial charge in [-0.2, -0.15) is 0 Å². The SMILES string of the molecule is Cc1cc(OC(CN)c2ccccc2)cc(C)c1Br. The first-order chi connectivity index (χ1) is 9.11. The van der Waals surface area contributed by atoms with Gasteiger partial charge in [0, 0.05) is 11.0 Å². The van der Waals surface area contributed by atoms with Crippen molar-refractivity contribution in [1.82, 2.24) is 0 Å². The molecule has 2 rings (SSSR count). The second-order valence-corrected chi connectivity index (χ2v) is 5.42. The Hall–Kier alpha value is -1.32. The highest BCUT2D eigenvalue weighted by molar-refractivity contribution is 9.10. The molecule has 0 aliphatic carbocycles. The molecule has 1 atom stereocenters. The summed E-state index contributed by atoms with van der Waals surface area (Å²) in [5.74, 6) is 0.859. The van der Waals surface area contributed by atoms with Crippen LogP contribution in [0.4, 0.5) is 0 Å². The lowest BCUT2D eigenvalue weighted by molar-refractivity contribution is 0.214. The smallest absolute Gasteiger partial charge is 0.136 e. The van der Waals surface area contributed by atoms with Crippen LogP contribution in [0.15, 0.2) is 46.9 Å². The Balaban J connectivity index is 2.24. The van der Waals surface area contributed by atoms with Crippen LogP contribution in [-0.2, 0) is 0 Å². The highest BCUT2D eigenvalue weighted by Gasteiger charge is 2.12. The van der Waals surface area contributed by atoms with Gasteiger partial charge in [-0.15, -0.1) is 0 Å². The van der Waals surface area contributed by atoms with Gasteiger partial charge in [0.25, 0.3) is 0 Å². The molecule has 3 heteroatoms. The third kappa shape index (κ3) is 3.37. The normalized spacial score (nSPS) is 12.2. The summed E-state index contributed by atoms with van der Waals surface area (Å²) >= 11 is 3.56. The number of ether oxygens (including phenoxy) is 1. The zero-order chi connectivity index (χ0) is 13.8. The lowest BCUT2D eigenvalue weighted by atomic mass is 10.1. The minimum absolute atomic E-state index is 0.110. The Bertz CT molecular complexity index is 531. The van der Waals surface area contributed by atoms with E-state index >= 15 is 0 Å². The third-order valence-corrected chi connectivity index (χ3v) is 4.32. The van der Waals surface area contributed by atoms with Gasteiger partial charge in [-0.25, -0.2) is 0 Å². The first-order valence-electron chi connectivity index (χ1n) is 6.30. The van der Waals surface area contributed by atoms with Crippen molar-refractivity contribution in [2.45, 2.75) is 20.0 Å². The van der Waals surface area contributed by atoms with Gasteiger partial charge in [-0.1, -0.05) is 46.3 Å².